The second-order valence-electron chi connectivity index (χ2n) is 4.81. The summed E-state index contributed by atoms with van der Waals surface area (Å²) in [4.78, 5) is 0. The zero-order valence-corrected chi connectivity index (χ0v) is 12.6. The summed E-state index contributed by atoms with van der Waals surface area (Å²) in [7, 11) is 0. The largest absolute Gasteiger partial charge is 0.459 e. The highest BCUT2D eigenvalue weighted by molar-refractivity contribution is 9.10. The first-order chi connectivity index (χ1) is 9.69. The SMILES string of the molecule is Cc1ccc(Br)c(C(NN)c2cc3ccccc3o2)c1. The van der Waals surface area contributed by atoms with Crippen molar-refractivity contribution in [1.82, 2.24) is 5.43 Å². The molecule has 3 N–H and O–H groups in total. The van der Waals surface area contributed by atoms with E-state index in [1.165, 1.54) is 5.56 Å². The average Bonchev–Trinajstić information content (AvgIpc) is 2.87. The topological polar surface area (TPSA) is 51.2 Å². The van der Waals surface area contributed by atoms with Gasteiger partial charge in [-0.3, -0.25) is 5.84 Å². The lowest BCUT2D eigenvalue weighted by Crippen LogP contribution is -2.28. The lowest BCUT2D eigenvalue weighted by molar-refractivity contribution is 0.476. The van der Waals surface area contributed by atoms with Crippen LogP contribution in [0, 0.1) is 6.92 Å². The van der Waals surface area contributed by atoms with Crippen molar-refractivity contribution in [3.63, 3.8) is 0 Å². The summed E-state index contributed by atoms with van der Waals surface area (Å²) in [6.07, 6.45) is 0. The van der Waals surface area contributed by atoms with Gasteiger partial charge >= 0.3 is 0 Å². The van der Waals surface area contributed by atoms with Crippen LogP contribution in [0.15, 0.2) is 57.4 Å². The summed E-state index contributed by atoms with van der Waals surface area (Å²) < 4.78 is 6.91. The van der Waals surface area contributed by atoms with Gasteiger partial charge in [0.05, 0.1) is 0 Å². The normalized spacial score (nSPS) is 12.8. The molecule has 0 aliphatic rings. The first-order valence-corrected chi connectivity index (χ1v) is 7.19. The summed E-state index contributed by atoms with van der Waals surface area (Å²) in [5.74, 6) is 6.55. The first-order valence-electron chi connectivity index (χ1n) is 6.39. The van der Waals surface area contributed by atoms with Crippen molar-refractivity contribution >= 4 is 26.9 Å². The molecule has 1 heterocycles. The Hall–Kier alpha value is -1.62. The fourth-order valence-corrected chi connectivity index (χ4v) is 2.83. The van der Waals surface area contributed by atoms with Crippen LogP contribution in [0.3, 0.4) is 0 Å². The highest BCUT2D eigenvalue weighted by Gasteiger charge is 2.19. The summed E-state index contributed by atoms with van der Waals surface area (Å²) in [6, 6.07) is 16.0. The van der Waals surface area contributed by atoms with E-state index in [-0.39, 0.29) is 6.04 Å². The van der Waals surface area contributed by atoms with Gasteiger partial charge in [0.1, 0.15) is 17.4 Å². The van der Waals surface area contributed by atoms with E-state index >= 15 is 0 Å². The number of hydrazine groups is 1. The molecular formula is C16H15BrN2O. The number of rotatable bonds is 3. The molecule has 0 bridgehead atoms. The molecule has 3 aromatic rings. The van der Waals surface area contributed by atoms with Crippen LogP contribution >= 0.6 is 15.9 Å². The average molecular weight is 331 g/mol. The lowest BCUT2D eigenvalue weighted by atomic mass is 10.0. The third-order valence-electron chi connectivity index (χ3n) is 3.36. The predicted octanol–water partition coefficient (Wildman–Crippen LogP) is 4.06. The third-order valence-corrected chi connectivity index (χ3v) is 4.08. The number of hydrogen-bond donors (Lipinski definition) is 2. The van der Waals surface area contributed by atoms with Crippen LogP contribution in [-0.4, -0.2) is 0 Å². The molecule has 0 radical (unpaired) electrons. The molecule has 102 valence electrons. The van der Waals surface area contributed by atoms with Gasteiger partial charge in [-0.1, -0.05) is 51.8 Å². The van der Waals surface area contributed by atoms with E-state index < -0.39 is 0 Å². The van der Waals surface area contributed by atoms with Crippen LogP contribution in [0.5, 0.6) is 0 Å². The molecule has 20 heavy (non-hydrogen) atoms. The van der Waals surface area contributed by atoms with E-state index in [9.17, 15) is 0 Å². The molecule has 1 atom stereocenters. The molecule has 0 amide bonds. The molecule has 4 heteroatoms. The van der Waals surface area contributed by atoms with Crippen molar-refractivity contribution in [2.45, 2.75) is 13.0 Å². The monoisotopic (exact) mass is 330 g/mol. The number of hydrogen-bond acceptors (Lipinski definition) is 3. The second kappa shape index (κ2) is 5.40. The Morgan fingerprint density at radius 1 is 1.15 bits per heavy atom. The van der Waals surface area contributed by atoms with Crippen molar-refractivity contribution in [2.75, 3.05) is 0 Å². The van der Waals surface area contributed by atoms with Crippen LogP contribution in [0.25, 0.3) is 11.0 Å². The maximum absolute atomic E-state index is 5.91. The number of nitrogens with one attached hydrogen (secondary N) is 1. The Labute approximate surface area is 125 Å². The molecule has 0 saturated carbocycles. The van der Waals surface area contributed by atoms with E-state index in [2.05, 4.69) is 40.4 Å². The minimum Gasteiger partial charge on any atom is -0.459 e. The zero-order valence-electron chi connectivity index (χ0n) is 11.1. The zero-order chi connectivity index (χ0) is 14.1. The maximum atomic E-state index is 5.91. The van der Waals surface area contributed by atoms with Crippen molar-refractivity contribution in [1.29, 1.82) is 0 Å². The number of nitrogens with two attached hydrogens (primary N) is 1. The Balaban J connectivity index is 2.11. The molecule has 3 rings (SSSR count). The Morgan fingerprint density at radius 3 is 2.70 bits per heavy atom. The molecule has 1 aromatic heterocycles. The quantitative estimate of drug-likeness (QED) is 0.562. The molecule has 0 aliphatic carbocycles. The molecular weight excluding hydrogens is 316 g/mol. The fraction of sp³-hybridized carbons (Fsp3) is 0.125. The summed E-state index contributed by atoms with van der Waals surface area (Å²) >= 11 is 3.58. The van der Waals surface area contributed by atoms with E-state index in [0.717, 1.165) is 26.8 Å². The summed E-state index contributed by atoms with van der Waals surface area (Å²) in [5.41, 5.74) is 5.95. The summed E-state index contributed by atoms with van der Waals surface area (Å²) in [5, 5.41) is 1.08. The number of para-hydroxylation sites is 1. The van der Waals surface area contributed by atoms with Gasteiger partial charge in [0.2, 0.25) is 0 Å². The number of fused-ring (bicyclic) bond motifs is 1. The van der Waals surface area contributed by atoms with Crippen LogP contribution in [0.2, 0.25) is 0 Å². The molecule has 3 nitrogen and oxygen atoms in total. The van der Waals surface area contributed by atoms with Gasteiger partial charge in [-0.05, 0) is 30.7 Å². The van der Waals surface area contributed by atoms with Crippen LogP contribution in [0.1, 0.15) is 22.9 Å². The smallest absolute Gasteiger partial charge is 0.134 e. The molecule has 0 saturated heterocycles. The van der Waals surface area contributed by atoms with Gasteiger partial charge in [-0.15, -0.1) is 0 Å². The number of halogens is 1. The first kappa shape index (κ1) is 13.4. The second-order valence-corrected chi connectivity index (χ2v) is 5.67. The Bertz CT molecular complexity index is 718. The number of aryl methyl sites for hydroxylation is 1. The van der Waals surface area contributed by atoms with Crippen LogP contribution in [-0.2, 0) is 0 Å². The lowest BCUT2D eigenvalue weighted by Gasteiger charge is -2.16. The van der Waals surface area contributed by atoms with Gasteiger partial charge in [0, 0.05) is 9.86 Å². The fourth-order valence-electron chi connectivity index (χ4n) is 2.35. The molecule has 2 aromatic carbocycles. The number of benzene rings is 2. The highest BCUT2D eigenvalue weighted by atomic mass is 79.9. The van der Waals surface area contributed by atoms with E-state index in [1.54, 1.807) is 0 Å². The molecule has 0 fully saturated rings. The maximum Gasteiger partial charge on any atom is 0.134 e. The van der Waals surface area contributed by atoms with Gasteiger partial charge in [-0.2, -0.15) is 0 Å². The summed E-state index contributed by atoms with van der Waals surface area (Å²) in [6.45, 7) is 2.06. The van der Waals surface area contributed by atoms with Gasteiger partial charge in [0.15, 0.2) is 0 Å². The van der Waals surface area contributed by atoms with Gasteiger partial charge in [0.25, 0.3) is 0 Å². The molecule has 1 unspecified atom stereocenters. The number of furan rings is 1. The van der Waals surface area contributed by atoms with Crippen molar-refractivity contribution in [3.05, 3.63) is 69.9 Å². The van der Waals surface area contributed by atoms with E-state index in [0.29, 0.717) is 0 Å². The van der Waals surface area contributed by atoms with Crippen LogP contribution < -0.4 is 11.3 Å². The Morgan fingerprint density at radius 2 is 1.95 bits per heavy atom. The van der Waals surface area contributed by atoms with Gasteiger partial charge < -0.3 is 4.42 Å². The van der Waals surface area contributed by atoms with Crippen molar-refractivity contribution in [2.24, 2.45) is 5.84 Å². The third kappa shape index (κ3) is 2.38. The van der Waals surface area contributed by atoms with E-state index in [1.807, 2.05) is 36.4 Å². The van der Waals surface area contributed by atoms with Crippen molar-refractivity contribution < 1.29 is 4.42 Å². The molecule has 0 spiro atoms. The minimum absolute atomic E-state index is 0.184. The molecule has 0 aliphatic heterocycles. The predicted molar refractivity (Wildman–Crippen MR) is 84.3 cm³/mol. The van der Waals surface area contributed by atoms with Gasteiger partial charge in [-0.25, -0.2) is 5.43 Å². The Kier molecular flexibility index (Phi) is 3.61. The minimum atomic E-state index is -0.184. The standard InChI is InChI=1S/C16H15BrN2O/c1-10-6-7-13(17)12(8-10)16(19-18)15-9-11-4-2-3-5-14(11)20-15/h2-9,16,19H,18H2,1H3. The highest BCUT2D eigenvalue weighted by Crippen LogP contribution is 2.32. The van der Waals surface area contributed by atoms with Crippen molar-refractivity contribution in [3.8, 4) is 0 Å². The van der Waals surface area contributed by atoms with Crippen LogP contribution in [0.4, 0.5) is 0 Å². The van der Waals surface area contributed by atoms with E-state index in [4.69, 9.17) is 10.3 Å².